The Balaban J connectivity index is 1.36. The second-order valence-corrected chi connectivity index (χ2v) is 6.49. The molecule has 1 aromatic heterocycles. The van der Waals surface area contributed by atoms with Crippen LogP contribution in [-0.4, -0.2) is 42.7 Å². The first-order valence-electron chi connectivity index (χ1n) is 7.50. The third-order valence-electron chi connectivity index (χ3n) is 4.22. The maximum Gasteiger partial charge on any atom is 0.185 e. The number of hydrogen-bond donors (Lipinski definition) is 0. The van der Waals surface area contributed by atoms with E-state index in [-0.39, 0.29) is 0 Å². The van der Waals surface area contributed by atoms with E-state index in [0.29, 0.717) is 0 Å². The fourth-order valence-electron chi connectivity index (χ4n) is 3.07. The van der Waals surface area contributed by atoms with E-state index in [9.17, 15) is 0 Å². The van der Waals surface area contributed by atoms with Crippen molar-refractivity contribution in [3.05, 3.63) is 40.9 Å². The fraction of sp³-hybridized carbons (Fsp3) is 0.438. The molecule has 1 saturated heterocycles. The topological polar surface area (TPSA) is 28.6 Å². The lowest BCUT2D eigenvalue weighted by molar-refractivity contribution is 0.249. The van der Waals surface area contributed by atoms with Crippen LogP contribution in [0.2, 0.25) is 0 Å². The zero-order chi connectivity index (χ0) is 14.1. The van der Waals surface area contributed by atoms with E-state index in [1.165, 1.54) is 11.1 Å². The van der Waals surface area contributed by atoms with Gasteiger partial charge in [0.25, 0.3) is 0 Å². The highest BCUT2D eigenvalue weighted by molar-refractivity contribution is 7.13. The van der Waals surface area contributed by atoms with Crippen LogP contribution in [0.3, 0.4) is 0 Å². The van der Waals surface area contributed by atoms with Gasteiger partial charge in [-0.2, -0.15) is 0 Å². The molecule has 4 rings (SSSR count). The van der Waals surface area contributed by atoms with Crippen LogP contribution >= 0.6 is 11.3 Å². The molecule has 5 heteroatoms. The summed E-state index contributed by atoms with van der Waals surface area (Å²) in [5, 5.41) is 3.21. The van der Waals surface area contributed by atoms with E-state index in [2.05, 4.69) is 33.0 Å². The molecule has 4 nitrogen and oxygen atoms in total. The molecule has 0 amide bonds. The summed E-state index contributed by atoms with van der Waals surface area (Å²) in [5.74, 6) is 1.08. The molecule has 0 N–H and O–H groups in total. The maximum atomic E-state index is 5.57. The molecule has 0 atom stereocenters. The number of benzene rings is 1. The quantitative estimate of drug-likeness (QED) is 0.870. The Morgan fingerprint density at radius 1 is 1.19 bits per heavy atom. The summed E-state index contributed by atoms with van der Waals surface area (Å²) >= 11 is 1.73. The van der Waals surface area contributed by atoms with Crippen LogP contribution in [0.4, 0.5) is 5.13 Å². The minimum absolute atomic E-state index is 0.839. The molecule has 0 aliphatic carbocycles. The Bertz CT molecular complexity index is 606. The summed E-state index contributed by atoms with van der Waals surface area (Å²) in [6, 6.07) is 6.65. The summed E-state index contributed by atoms with van der Waals surface area (Å²) < 4.78 is 5.57. The molecule has 1 aromatic carbocycles. The average molecular weight is 301 g/mol. The van der Waals surface area contributed by atoms with Crippen LogP contribution < -0.4 is 9.64 Å². The van der Waals surface area contributed by atoms with Crippen LogP contribution in [0.5, 0.6) is 5.75 Å². The van der Waals surface area contributed by atoms with Gasteiger partial charge in [0.15, 0.2) is 5.13 Å². The van der Waals surface area contributed by atoms with Crippen molar-refractivity contribution in [3.8, 4) is 5.75 Å². The number of aromatic nitrogens is 1. The number of fused-ring (bicyclic) bond motifs is 1. The average Bonchev–Trinajstić information content (AvgIpc) is 3.19. The number of hydrogen-bond acceptors (Lipinski definition) is 5. The standard InChI is InChI=1S/C16H19N3OS/c1-2-15-14(3-9-20-15)11-13(1)12-18-5-7-19(8-6-18)16-17-4-10-21-16/h1-2,4,10-11H,3,5-9,12H2. The number of anilines is 1. The molecule has 0 spiro atoms. The van der Waals surface area contributed by atoms with Gasteiger partial charge in [-0.1, -0.05) is 12.1 Å². The normalized spacial score (nSPS) is 18.6. The second kappa shape index (κ2) is 5.66. The molecule has 2 aliphatic rings. The van der Waals surface area contributed by atoms with Crippen molar-refractivity contribution in [2.75, 3.05) is 37.7 Å². The highest BCUT2D eigenvalue weighted by Crippen LogP contribution is 2.26. The van der Waals surface area contributed by atoms with Gasteiger partial charge in [-0.05, 0) is 17.2 Å². The van der Waals surface area contributed by atoms with Gasteiger partial charge in [0.05, 0.1) is 6.61 Å². The van der Waals surface area contributed by atoms with Crippen molar-refractivity contribution in [1.82, 2.24) is 9.88 Å². The Hall–Kier alpha value is -1.59. The molecule has 1 fully saturated rings. The van der Waals surface area contributed by atoms with Gasteiger partial charge < -0.3 is 9.64 Å². The van der Waals surface area contributed by atoms with Crippen molar-refractivity contribution in [1.29, 1.82) is 0 Å². The molecule has 0 unspecified atom stereocenters. The molecule has 0 saturated carbocycles. The molecular weight excluding hydrogens is 282 g/mol. The number of ether oxygens (including phenoxy) is 1. The fourth-order valence-corrected chi connectivity index (χ4v) is 3.76. The summed E-state index contributed by atoms with van der Waals surface area (Å²) in [5.41, 5.74) is 2.77. The van der Waals surface area contributed by atoms with Crippen molar-refractivity contribution in [2.24, 2.45) is 0 Å². The van der Waals surface area contributed by atoms with Crippen molar-refractivity contribution in [3.63, 3.8) is 0 Å². The van der Waals surface area contributed by atoms with Crippen LogP contribution in [0.25, 0.3) is 0 Å². The minimum atomic E-state index is 0.839. The third kappa shape index (κ3) is 2.76. The Morgan fingerprint density at radius 2 is 2.10 bits per heavy atom. The third-order valence-corrected chi connectivity index (χ3v) is 5.05. The Morgan fingerprint density at radius 3 is 2.90 bits per heavy atom. The van der Waals surface area contributed by atoms with Gasteiger partial charge in [0.1, 0.15) is 5.75 Å². The van der Waals surface area contributed by atoms with Crippen LogP contribution in [-0.2, 0) is 13.0 Å². The van der Waals surface area contributed by atoms with E-state index >= 15 is 0 Å². The van der Waals surface area contributed by atoms with Gasteiger partial charge in [-0.25, -0.2) is 4.98 Å². The number of thiazole rings is 1. The van der Waals surface area contributed by atoms with Gasteiger partial charge in [-0.15, -0.1) is 11.3 Å². The zero-order valence-corrected chi connectivity index (χ0v) is 12.8. The molecule has 2 aromatic rings. The first-order chi connectivity index (χ1) is 10.4. The van der Waals surface area contributed by atoms with E-state index in [1.54, 1.807) is 11.3 Å². The highest BCUT2D eigenvalue weighted by atomic mass is 32.1. The lowest BCUT2D eigenvalue weighted by Gasteiger charge is -2.34. The smallest absolute Gasteiger partial charge is 0.185 e. The van der Waals surface area contributed by atoms with E-state index in [1.807, 2.05) is 11.6 Å². The Kier molecular flexibility index (Phi) is 3.53. The van der Waals surface area contributed by atoms with Crippen molar-refractivity contribution < 1.29 is 4.74 Å². The van der Waals surface area contributed by atoms with Gasteiger partial charge in [0, 0.05) is 50.7 Å². The van der Waals surface area contributed by atoms with Crippen molar-refractivity contribution >= 4 is 16.5 Å². The monoisotopic (exact) mass is 301 g/mol. The number of piperazine rings is 1. The Labute approximate surface area is 129 Å². The molecule has 21 heavy (non-hydrogen) atoms. The molecule has 2 aliphatic heterocycles. The van der Waals surface area contributed by atoms with Crippen LogP contribution in [0, 0.1) is 0 Å². The lowest BCUT2D eigenvalue weighted by Crippen LogP contribution is -2.45. The molecule has 0 radical (unpaired) electrons. The van der Waals surface area contributed by atoms with Crippen LogP contribution in [0.15, 0.2) is 29.8 Å². The van der Waals surface area contributed by atoms with Gasteiger partial charge >= 0.3 is 0 Å². The van der Waals surface area contributed by atoms with E-state index in [0.717, 1.165) is 56.6 Å². The maximum absolute atomic E-state index is 5.57. The molecule has 0 bridgehead atoms. The van der Waals surface area contributed by atoms with Crippen LogP contribution in [0.1, 0.15) is 11.1 Å². The molecule has 110 valence electrons. The minimum Gasteiger partial charge on any atom is -0.493 e. The molecular formula is C16H19N3OS. The summed E-state index contributed by atoms with van der Waals surface area (Å²) in [6.45, 7) is 6.23. The van der Waals surface area contributed by atoms with E-state index < -0.39 is 0 Å². The molecule has 3 heterocycles. The predicted octanol–water partition coefficient (Wildman–Crippen LogP) is 2.40. The largest absolute Gasteiger partial charge is 0.493 e. The predicted molar refractivity (Wildman–Crippen MR) is 85.2 cm³/mol. The lowest BCUT2D eigenvalue weighted by atomic mass is 10.1. The van der Waals surface area contributed by atoms with Crippen molar-refractivity contribution in [2.45, 2.75) is 13.0 Å². The first-order valence-corrected chi connectivity index (χ1v) is 8.38. The summed E-state index contributed by atoms with van der Waals surface area (Å²) in [7, 11) is 0. The second-order valence-electron chi connectivity index (χ2n) is 5.62. The van der Waals surface area contributed by atoms with E-state index in [4.69, 9.17) is 4.74 Å². The highest BCUT2D eigenvalue weighted by Gasteiger charge is 2.19. The number of rotatable bonds is 3. The SMILES string of the molecule is c1csc(N2CCN(Cc3ccc4c(c3)CCO4)CC2)n1. The van der Waals surface area contributed by atoms with Gasteiger partial charge in [0.2, 0.25) is 0 Å². The van der Waals surface area contributed by atoms with Gasteiger partial charge in [-0.3, -0.25) is 4.90 Å². The first kappa shape index (κ1) is 13.1. The summed E-state index contributed by atoms with van der Waals surface area (Å²) in [6.07, 6.45) is 2.94. The zero-order valence-electron chi connectivity index (χ0n) is 12.0. The number of nitrogens with zero attached hydrogens (tertiary/aromatic N) is 3. The summed E-state index contributed by atoms with van der Waals surface area (Å²) in [4.78, 5) is 9.32.